The zero-order chi connectivity index (χ0) is 27.0. The van der Waals surface area contributed by atoms with Gasteiger partial charge in [0.15, 0.2) is 5.82 Å². The molecule has 4 aromatic carbocycles. The number of nitrogens with zero attached hydrogens (tertiary/aromatic N) is 3. The summed E-state index contributed by atoms with van der Waals surface area (Å²) in [7, 11) is 0. The van der Waals surface area contributed by atoms with Gasteiger partial charge in [-0.05, 0) is 89.2 Å². The lowest BCUT2D eigenvalue weighted by atomic mass is 10.0. The van der Waals surface area contributed by atoms with Gasteiger partial charge in [-0.1, -0.05) is 60.7 Å². The number of H-pyrrole nitrogens is 1. The molecule has 0 radical (unpaired) electrons. The molecule has 2 heterocycles. The Kier molecular flexibility index (Phi) is 7.99. The number of aromatic amines is 1. The van der Waals surface area contributed by atoms with E-state index in [1.165, 1.54) is 11.1 Å². The number of hydrogen-bond acceptors (Lipinski definition) is 6. The molecule has 0 spiro atoms. The highest BCUT2D eigenvalue weighted by Crippen LogP contribution is 2.37. The molecule has 1 aliphatic heterocycles. The molecule has 202 valence electrons. The largest absolute Gasteiger partial charge is 0.494 e. The third-order valence-corrected chi connectivity index (χ3v) is 7.15. The molecule has 0 aliphatic carbocycles. The Balaban J connectivity index is 1.09. The predicted octanol–water partition coefficient (Wildman–Crippen LogP) is 6.39. The van der Waals surface area contributed by atoms with E-state index in [9.17, 15) is 0 Å². The van der Waals surface area contributed by atoms with Crippen molar-refractivity contribution in [3.05, 3.63) is 119 Å². The SMILES string of the molecule is c1ccc(CCC2Cc3cc(OCc4ccccc4)c(CCCOc4ccc(-c5nnn[nH]5)cc4)cc3O2)cc1. The summed E-state index contributed by atoms with van der Waals surface area (Å²) in [6.45, 7) is 1.13. The van der Waals surface area contributed by atoms with Gasteiger partial charge in [0.1, 0.15) is 30.0 Å². The van der Waals surface area contributed by atoms with Crippen LogP contribution in [0.3, 0.4) is 0 Å². The maximum atomic E-state index is 6.40. The number of rotatable bonds is 12. The zero-order valence-electron chi connectivity index (χ0n) is 22.3. The third kappa shape index (κ3) is 6.49. The zero-order valence-corrected chi connectivity index (χ0v) is 22.3. The first-order valence-corrected chi connectivity index (χ1v) is 13.8. The van der Waals surface area contributed by atoms with Gasteiger partial charge in [0.2, 0.25) is 0 Å². The Bertz CT molecular complexity index is 1490. The second kappa shape index (κ2) is 12.5. The fourth-order valence-corrected chi connectivity index (χ4v) is 5.02. The molecule has 0 bridgehead atoms. The van der Waals surface area contributed by atoms with Gasteiger partial charge in [0.05, 0.1) is 6.61 Å². The van der Waals surface area contributed by atoms with Crippen LogP contribution in [0.2, 0.25) is 0 Å². The molecule has 0 saturated heterocycles. The maximum absolute atomic E-state index is 6.40. The summed E-state index contributed by atoms with van der Waals surface area (Å²) in [5, 5.41) is 14.0. The third-order valence-electron chi connectivity index (χ3n) is 7.15. The van der Waals surface area contributed by atoms with Crippen LogP contribution in [-0.4, -0.2) is 33.3 Å². The van der Waals surface area contributed by atoms with Crippen LogP contribution < -0.4 is 14.2 Å². The van der Waals surface area contributed by atoms with Crippen LogP contribution in [0.25, 0.3) is 11.4 Å². The van der Waals surface area contributed by atoms with E-state index >= 15 is 0 Å². The lowest BCUT2D eigenvalue weighted by Crippen LogP contribution is -2.13. The van der Waals surface area contributed by atoms with Gasteiger partial charge >= 0.3 is 0 Å². The van der Waals surface area contributed by atoms with Gasteiger partial charge in [-0.25, -0.2) is 5.10 Å². The number of fused-ring (bicyclic) bond motifs is 1. The topological polar surface area (TPSA) is 82.2 Å². The molecule has 7 nitrogen and oxygen atoms in total. The predicted molar refractivity (Wildman–Crippen MR) is 154 cm³/mol. The summed E-state index contributed by atoms with van der Waals surface area (Å²) in [5.41, 5.74) is 5.79. The number of aromatic nitrogens is 4. The van der Waals surface area contributed by atoms with E-state index in [4.69, 9.17) is 14.2 Å². The van der Waals surface area contributed by atoms with E-state index in [2.05, 4.69) is 75.2 Å². The highest BCUT2D eigenvalue weighted by atomic mass is 16.5. The molecule has 1 N–H and O–H groups in total. The van der Waals surface area contributed by atoms with Gasteiger partial charge in [-0.3, -0.25) is 0 Å². The standard InChI is InChI=1S/C33H32N4O3/c1-3-8-24(9-4-1)13-16-30-20-28-22-31(39-23-25-10-5-2-6-11-25)27(21-32(28)40-30)12-7-19-38-29-17-14-26(15-18-29)33-34-36-37-35-33/h1-6,8-11,14-15,17-18,21-22,30H,7,12-13,16,19-20,23H2,(H,34,35,36,37). The van der Waals surface area contributed by atoms with E-state index in [1.807, 2.05) is 42.5 Å². The molecular weight excluding hydrogens is 500 g/mol. The smallest absolute Gasteiger partial charge is 0.179 e. The molecule has 40 heavy (non-hydrogen) atoms. The van der Waals surface area contributed by atoms with Gasteiger partial charge in [-0.2, -0.15) is 0 Å². The van der Waals surface area contributed by atoms with Crippen molar-refractivity contribution in [1.29, 1.82) is 0 Å². The Morgan fingerprint density at radius 3 is 2.35 bits per heavy atom. The van der Waals surface area contributed by atoms with Crippen LogP contribution in [-0.2, 0) is 25.9 Å². The van der Waals surface area contributed by atoms with Crippen LogP contribution >= 0.6 is 0 Å². The molecule has 1 atom stereocenters. The minimum Gasteiger partial charge on any atom is -0.494 e. The molecule has 6 rings (SSSR count). The van der Waals surface area contributed by atoms with Gasteiger partial charge < -0.3 is 14.2 Å². The summed E-state index contributed by atoms with van der Waals surface area (Å²) in [5.74, 6) is 3.37. The Labute approximate surface area is 234 Å². The summed E-state index contributed by atoms with van der Waals surface area (Å²) in [6, 6.07) is 33.0. The minimum absolute atomic E-state index is 0.187. The molecule has 0 saturated carbocycles. The number of nitrogens with one attached hydrogen (secondary N) is 1. The number of hydrogen-bond donors (Lipinski definition) is 1. The molecule has 1 aliphatic rings. The Morgan fingerprint density at radius 1 is 0.825 bits per heavy atom. The first kappa shape index (κ1) is 25.6. The van der Waals surface area contributed by atoms with E-state index in [1.54, 1.807) is 0 Å². The van der Waals surface area contributed by atoms with Crippen LogP contribution in [0.4, 0.5) is 0 Å². The van der Waals surface area contributed by atoms with Crippen molar-refractivity contribution in [2.45, 2.75) is 44.8 Å². The molecule has 1 unspecified atom stereocenters. The first-order chi connectivity index (χ1) is 19.8. The molecule has 1 aromatic heterocycles. The van der Waals surface area contributed by atoms with Crippen molar-refractivity contribution in [1.82, 2.24) is 20.6 Å². The van der Waals surface area contributed by atoms with E-state index in [-0.39, 0.29) is 6.10 Å². The monoisotopic (exact) mass is 532 g/mol. The number of aryl methyl sites for hydroxylation is 2. The molecule has 0 fully saturated rings. The van der Waals surface area contributed by atoms with E-state index in [0.717, 1.165) is 66.0 Å². The van der Waals surface area contributed by atoms with Crippen LogP contribution in [0, 0.1) is 0 Å². The first-order valence-electron chi connectivity index (χ1n) is 13.8. The summed E-state index contributed by atoms with van der Waals surface area (Å²) >= 11 is 0. The van der Waals surface area contributed by atoms with Crippen molar-refractivity contribution in [3.8, 4) is 28.6 Å². The summed E-state index contributed by atoms with van der Waals surface area (Å²) in [4.78, 5) is 0. The number of tetrazole rings is 1. The maximum Gasteiger partial charge on any atom is 0.179 e. The molecule has 0 amide bonds. The Hall–Kier alpha value is -4.65. The minimum atomic E-state index is 0.187. The quantitative estimate of drug-likeness (QED) is 0.187. The van der Waals surface area contributed by atoms with Crippen molar-refractivity contribution >= 4 is 0 Å². The van der Waals surface area contributed by atoms with Crippen LogP contribution in [0.15, 0.2) is 97.1 Å². The fourth-order valence-electron chi connectivity index (χ4n) is 5.02. The average molecular weight is 533 g/mol. The number of benzene rings is 4. The lowest BCUT2D eigenvalue weighted by Gasteiger charge is -2.14. The fraction of sp³-hybridized carbons (Fsp3) is 0.242. The van der Waals surface area contributed by atoms with Crippen molar-refractivity contribution in [3.63, 3.8) is 0 Å². The second-order valence-corrected chi connectivity index (χ2v) is 10.0. The summed E-state index contributed by atoms with van der Waals surface area (Å²) in [6.07, 6.45) is 4.79. The van der Waals surface area contributed by atoms with E-state index < -0.39 is 0 Å². The number of ether oxygens (including phenoxy) is 3. The van der Waals surface area contributed by atoms with E-state index in [0.29, 0.717) is 19.0 Å². The highest BCUT2D eigenvalue weighted by Gasteiger charge is 2.25. The highest BCUT2D eigenvalue weighted by molar-refractivity contribution is 5.55. The van der Waals surface area contributed by atoms with Gasteiger partial charge in [-0.15, -0.1) is 5.10 Å². The van der Waals surface area contributed by atoms with Crippen molar-refractivity contribution < 1.29 is 14.2 Å². The van der Waals surface area contributed by atoms with Crippen LogP contribution in [0.5, 0.6) is 17.2 Å². The molecule has 5 aromatic rings. The molecular formula is C33H32N4O3. The normalized spacial score (nSPS) is 13.9. The van der Waals surface area contributed by atoms with Crippen LogP contribution in [0.1, 0.15) is 35.1 Å². The van der Waals surface area contributed by atoms with Crippen molar-refractivity contribution in [2.24, 2.45) is 0 Å². The van der Waals surface area contributed by atoms with Crippen molar-refractivity contribution in [2.75, 3.05) is 6.61 Å². The summed E-state index contributed by atoms with van der Waals surface area (Å²) < 4.78 is 18.8. The second-order valence-electron chi connectivity index (χ2n) is 10.0. The lowest BCUT2D eigenvalue weighted by molar-refractivity contribution is 0.221. The average Bonchev–Trinajstić information content (AvgIpc) is 3.69. The van der Waals surface area contributed by atoms with Gasteiger partial charge in [0, 0.05) is 17.5 Å². The molecule has 7 heteroatoms. The Morgan fingerprint density at radius 2 is 1.60 bits per heavy atom. The van der Waals surface area contributed by atoms with Gasteiger partial charge in [0.25, 0.3) is 0 Å².